The average Bonchev–Trinajstić information content (AvgIpc) is 3.14. The molecule has 3 rings (SSSR count). The van der Waals surface area contributed by atoms with Gasteiger partial charge in [0.2, 0.25) is 0 Å². The summed E-state index contributed by atoms with van der Waals surface area (Å²) in [6.45, 7) is 5.92. The van der Waals surface area contributed by atoms with E-state index in [0.29, 0.717) is 6.04 Å². The largest absolute Gasteiger partial charge is 0.314 e. The van der Waals surface area contributed by atoms with Gasteiger partial charge in [0, 0.05) is 24.8 Å². The van der Waals surface area contributed by atoms with Crippen LogP contribution in [0.25, 0.3) is 0 Å². The number of rotatable bonds is 5. The second kappa shape index (κ2) is 5.37. The van der Waals surface area contributed by atoms with Crippen LogP contribution in [0, 0.1) is 5.92 Å². The first-order valence-electron chi connectivity index (χ1n) is 7.21. The molecule has 0 bridgehead atoms. The van der Waals surface area contributed by atoms with Crippen LogP contribution in [0.15, 0.2) is 24.4 Å². The number of aromatic nitrogens is 1. The van der Waals surface area contributed by atoms with Crippen LogP contribution in [0.1, 0.15) is 37.9 Å². The number of nitrogens with one attached hydrogen (secondary N) is 1. The van der Waals surface area contributed by atoms with E-state index in [4.69, 9.17) is 0 Å². The van der Waals surface area contributed by atoms with E-state index >= 15 is 0 Å². The SMILES string of the molecule is CC(c1ccccn1)N1CCC(CNC2CC2)C1. The Hall–Kier alpha value is -0.930. The van der Waals surface area contributed by atoms with E-state index in [9.17, 15) is 0 Å². The number of likely N-dealkylation sites (tertiary alicyclic amines) is 1. The molecule has 1 saturated heterocycles. The summed E-state index contributed by atoms with van der Waals surface area (Å²) in [5.74, 6) is 0.830. The molecule has 2 fully saturated rings. The first kappa shape index (κ1) is 12.1. The summed E-state index contributed by atoms with van der Waals surface area (Å²) in [5.41, 5.74) is 1.20. The van der Waals surface area contributed by atoms with Crippen LogP contribution in [0.2, 0.25) is 0 Å². The molecule has 0 radical (unpaired) electrons. The van der Waals surface area contributed by atoms with Gasteiger partial charge in [-0.05, 0) is 57.3 Å². The Morgan fingerprint density at radius 2 is 2.28 bits per heavy atom. The Bertz CT molecular complexity index is 375. The quantitative estimate of drug-likeness (QED) is 0.862. The maximum absolute atomic E-state index is 4.48. The summed E-state index contributed by atoms with van der Waals surface area (Å²) in [4.78, 5) is 7.05. The van der Waals surface area contributed by atoms with Gasteiger partial charge >= 0.3 is 0 Å². The van der Waals surface area contributed by atoms with Crippen molar-refractivity contribution in [3.63, 3.8) is 0 Å². The van der Waals surface area contributed by atoms with Crippen LogP contribution >= 0.6 is 0 Å². The highest BCUT2D eigenvalue weighted by atomic mass is 15.2. The Morgan fingerprint density at radius 1 is 1.39 bits per heavy atom. The van der Waals surface area contributed by atoms with E-state index in [1.54, 1.807) is 0 Å². The molecule has 3 nitrogen and oxygen atoms in total. The highest BCUT2D eigenvalue weighted by molar-refractivity contribution is 5.08. The van der Waals surface area contributed by atoms with Gasteiger partial charge in [-0.2, -0.15) is 0 Å². The zero-order valence-electron chi connectivity index (χ0n) is 11.2. The summed E-state index contributed by atoms with van der Waals surface area (Å²) in [5, 5.41) is 3.66. The van der Waals surface area contributed by atoms with Crippen molar-refractivity contribution in [1.29, 1.82) is 0 Å². The molecule has 1 aliphatic heterocycles. The van der Waals surface area contributed by atoms with Crippen LogP contribution < -0.4 is 5.32 Å². The molecule has 2 aliphatic rings. The maximum atomic E-state index is 4.48. The first-order chi connectivity index (χ1) is 8.83. The summed E-state index contributed by atoms with van der Waals surface area (Å²) in [7, 11) is 0. The lowest BCUT2D eigenvalue weighted by molar-refractivity contribution is 0.247. The summed E-state index contributed by atoms with van der Waals surface area (Å²) < 4.78 is 0. The lowest BCUT2D eigenvalue weighted by Crippen LogP contribution is -2.29. The Labute approximate surface area is 110 Å². The van der Waals surface area contributed by atoms with Crippen molar-refractivity contribution in [2.24, 2.45) is 5.92 Å². The molecule has 18 heavy (non-hydrogen) atoms. The molecule has 0 aromatic carbocycles. The van der Waals surface area contributed by atoms with E-state index in [1.807, 2.05) is 12.3 Å². The lowest BCUT2D eigenvalue weighted by atomic mass is 10.1. The van der Waals surface area contributed by atoms with Gasteiger partial charge in [0.05, 0.1) is 5.69 Å². The van der Waals surface area contributed by atoms with E-state index < -0.39 is 0 Å². The Morgan fingerprint density at radius 3 is 3.00 bits per heavy atom. The average molecular weight is 245 g/mol. The topological polar surface area (TPSA) is 28.2 Å². The summed E-state index contributed by atoms with van der Waals surface area (Å²) in [6, 6.07) is 7.51. The molecule has 0 spiro atoms. The van der Waals surface area contributed by atoms with Crippen LogP contribution in [-0.4, -0.2) is 35.6 Å². The van der Waals surface area contributed by atoms with Gasteiger partial charge in [0.1, 0.15) is 0 Å². The molecule has 1 aromatic rings. The molecule has 2 atom stereocenters. The predicted molar refractivity (Wildman–Crippen MR) is 73.4 cm³/mol. The Balaban J connectivity index is 1.51. The number of pyridine rings is 1. The molecule has 1 aromatic heterocycles. The molecule has 3 heteroatoms. The number of hydrogen-bond donors (Lipinski definition) is 1. The van der Waals surface area contributed by atoms with Gasteiger partial charge in [-0.3, -0.25) is 9.88 Å². The van der Waals surface area contributed by atoms with Crippen molar-refractivity contribution in [2.75, 3.05) is 19.6 Å². The second-order valence-corrected chi connectivity index (χ2v) is 5.76. The third-order valence-corrected chi connectivity index (χ3v) is 4.25. The molecule has 2 heterocycles. The van der Waals surface area contributed by atoms with Gasteiger partial charge in [-0.1, -0.05) is 6.07 Å². The second-order valence-electron chi connectivity index (χ2n) is 5.76. The Kier molecular flexibility index (Phi) is 3.62. The van der Waals surface area contributed by atoms with E-state index in [2.05, 4.69) is 34.3 Å². The summed E-state index contributed by atoms with van der Waals surface area (Å²) in [6.07, 6.45) is 6.01. The van der Waals surface area contributed by atoms with Crippen molar-refractivity contribution >= 4 is 0 Å². The van der Waals surface area contributed by atoms with Gasteiger partial charge in [0.15, 0.2) is 0 Å². The molecule has 1 saturated carbocycles. The van der Waals surface area contributed by atoms with Crippen LogP contribution in [0.4, 0.5) is 0 Å². The van der Waals surface area contributed by atoms with Crippen molar-refractivity contribution in [1.82, 2.24) is 15.2 Å². The monoisotopic (exact) mass is 245 g/mol. The van der Waals surface area contributed by atoms with Crippen LogP contribution in [0.3, 0.4) is 0 Å². The van der Waals surface area contributed by atoms with E-state index in [-0.39, 0.29) is 0 Å². The fourth-order valence-electron chi connectivity index (χ4n) is 2.81. The van der Waals surface area contributed by atoms with Gasteiger partial charge in [-0.25, -0.2) is 0 Å². The minimum absolute atomic E-state index is 0.456. The van der Waals surface area contributed by atoms with E-state index in [1.165, 1.54) is 44.6 Å². The predicted octanol–water partition coefficient (Wildman–Crippen LogP) is 2.22. The van der Waals surface area contributed by atoms with Crippen molar-refractivity contribution in [3.05, 3.63) is 30.1 Å². The zero-order chi connectivity index (χ0) is 12.4. The van der Waals surface area contributed by atoms with Crippen LogP contribution in [-0.2, 0) is 0 Å². The van der Waals surface area contributed by atoms with Crippen molar-refractivity contribution in [2.45, 2.75) is 38.3 Å². The molecule has 1 N–H and O–H groups in total. The smallest absolute Gasteiger partial charge is 0.0572 e. The molecule has 2 unspecified atom stereocenters. The lowest BCUT2D eigenvalue weighted by Gasteiger charge is -2.23. The fraction of sp³-hybridized carbons (Fsp3) is 0.667. The molecule has 1 aliphatic carbocycles. The van der Waals surface area contributed by atoms with Crippen molar-refractivity contribution < 1.29 is 0 Å². The minimum atomic E-state index is 0.456. The van der Waals surface area contributed by atoms with Gasteiger partial charge in [-0.15, -0.1) is 0 Å². The van der Waals surface area contributed by atoms with Crippen molar-refractivity contribution in [3.8, 4) is 0 Å². The highest BCUT2D eigenvalue weighted by Crippen LogP contribution is 2.27. The zero-order valence-corrected chi connectivity index (χ0v) is 11.2. The minimum Gasteiger partial charge on any atom is -0.314 e. The molecular formula is C15H23N3. The third kappa shape index (κ3) is 2.90. The molecule has 0 amide bonds. The summed E-state index contributed by atoms with van der Waals surface area (Å²) >= 11 is 0. The van der Waals surface area contributed by atoms with Crippen LogP contribution in [0.5, 0.6) is 0 Å². The molecule has 98 valence electrons. The standard InChI is InChI=1S/C15H23N3/c1-12(15-4-2-3-8-16-15)18-9-7-13(11-18)10-17-14-5-6-14/h2-4,8,12-14,17H,5-7,9-11H2,1H3. The fourth-order valence-corrected chi connectivity index (χ4v) is 2.81. The first-order valence-corrected chi connectivity index (χ1v) is 7.21. The number of hydrogen-bond acceptors (Lipinski definition) is 3. The van der Waals surface area contributed by atoms with Gasteiger partial charge in [0.25, 0.3) is 0 Å². The normalized spacial score (nSPS) is 26.4. The maximum Gasteiger partial charge on any atom is 0.0572 e. The van der Waals surface area contributed by atoms with E-state index in [0.717, 1.165) is 12.0 Å². The third-order valence-electron chi connectivity index (χ3n) is 4.25. The number of nitrogens with zero attached hydrogens (tertiary/aromatic N) is 2. The van der Waals surface area contributed by atoms with Gasteiger partial charge < -0.3 is 5.32 Å². The highest BCUT2D eigenvalue weighted by Gasteiger charge is 2.29. The molecular weight excluding hydrogens is 222 g/mol.